The van der Waals surface area contributed by atoms with Crippen molar-refractivity contribution in [3.8, 4) is 34.1 Å². The summed E-state index contributed by atoms with van der Waals surface area (Å²) in [4.78, 5) is 4.82. The van der Waals surface area contributed by atoms with E-state index < -0.39 is 0 Å². The number of ether oxygens (including phenoxy) is 1. The van der Waals surface area contributed by atoms with Crippen LogP contribution in [0.15, 0.2) is 110 Å². The summed E-state index contributed by atoms with van der Waals surface area (Å²) in [5, 5.41) is 7.17. The minimum Gasteiger partial charge on any atom is -0.457 e. The Kier molecular flexibility index (Phi) is 8.15. The minimum atomic E-state index is 0.570. The number of rotatable bonds is 9. The molecule has 0 atom stereocenters. The molecular weight excluding hydrogens is 576 g/mol. The zero-order chi connectivity index (χ0) is 32.7. The third-order valence-corrected chi connectivity index (χ3v) is 8.72. The highest BCUT2D eigenvalue weighted by Gasteiger charge is 2.16. The molecule has 7 rings (SSSR count). The second-order valence-corrected chi connectivity index (χ2v) is 13.6. The highest BCUT2D eigenvalue weighted by molar-refractivity contribution is 6.09. The summed E-state index contributed by atoms with van der Waals surface area (Å²) in [5.74, 6) is 3.61. The summed E-state index contributed by atoms with van der Waals surface area (Å²) in [7, 11) is 0. The number of para-hydroxylation sites is 1. The van der Waals surface area contributed by atoms with E-state index in [4.69, 9.17) is 14.8 Å². The number of benzene rings is 4. The van der Waals surface area contributed by atoms with E-state index in [2.05, 4.69) is 143 Å². The number of fused-ring (bicyclic) bond motifs is 3. The Morgan fingerprint density at radius 2 is 1.53 bits per heavy atom. The molecular formula is C42H42N4O. The van der Waals surface area contributed by atoms with Crippen molar-refractivity contribution in [3.05, 3.63) is 132 Å². The van der Waals surface area contributed by atoms with Crippen molar-refractivity contribution in [2.75, 3.05) is 0 Å². The van der Waals surface area contributed by atoms with Crippen LogP contribution in [0.4, 0.5) is 0 Å². The van der Waals surface area contributed by atoms with Gasteiger partial charge in [-0.05, 0) is 109 Å². The average Bonchev–Trinajstić information content (AvgIpc) is 3.63. The van der Waals surface area contributed by atoms with Crippen LogP contribution in [-0.4, -0.2) is 19.3 Å². The van der Waals surface area contributed by atoms with E-state index in [0.717, 1.165) is 58.0 Å². The number of aryl methyl sites for hydroxylation is 2. The van der Waals surface area contributed by atoms with Gasteiger partial charge >= 0.3 is 0 Å². The molecule has 0 spiro atoms. The first-order valence-electron chi connectivity index (χ1n) is 16.7. The van der Waals surface area contributed by atoms with Crippen LogP contribution < -0.4 is 4.74 Å². The van der Waals surface area contributed by atoms with Crippen molar-refractivity contribution in [2.45, 2.75) is 54.4 Å². The van der Waals surface area contributed by atoms with Crippen molar-refractivity contribution in [1.82, 2.24) is 19.3 Å². The molecule has 3 heterocycles. The van der Waals surface area contributed by atoms with Crippen LogP contribution >= 0.6 is 0 Å². The number of nitrogens with zero attached hydrogens (tertiary/aromatic N) is 4. The summed E-state index contributed by atoms with van der Waals surface area (Å²) in [5.41, 5.74) is 10.6. The Hall–Kier alpha value is -5.16. The predicted octanol–water partition coefficient (Wildman–Crippen LogP) is 10.8. The summed E-state index contributed by atoms with van der Waals surface area (Å²) < 4.78 is 10.8. The van der Waals surface area contributed by atoms with Crippen molar-refractivity contribution in [1.29, 1.82) is 0 Å². The maximum Gasteiger partial charge on any atom is 0.137 e. The maximum atomic E-state index is 6.59. The SMILES string of the molecule is Cc1cc(Oc2ccc3c4ccccc4n(-c4cc(CC(C)C)ccn4)c3c2)cc(-n2cc(-c3c(C)cccc3CC(C)C)cn2)c1. The lowest BCUT2D eigenvalue weighted by atomic mass is 9.92. The van der Waals surface area contributed by atoms with Crippen LogP contribution in [0.3, 0.4) is 0 Å². The molecule has 0 bridgehead atoms. The van der Waals surface area contributed by atoms with Gasteiger partial charge in [0, 0.05) is 40.9 Å². The monoisotopic (exact) mass is 618 g/mol. The average molecular weight is 619 g/mol. The third kappa shape index (κ3) is 6.18. The van der Waals surface area contributed by atoms with E-state index in [-0.39, 0.29) is 0 Å². The molecule has 236 valence electrons. The molecule has 0 aliphatic rings. The lowest BCUT2D eigenvalue weighted by Crippen LogP contribution is -2.01. The Balaban J connectivity index is 1.25. The van der Waals surface area contributed by atoms with E-state index >= 15 is 0 Å². The molecule has 4 aromatic carbocycles. The summed E-state index contributed by atoms with van der Waals surface area (Å²) in [6.45, 7) is 13.3. The fraction of sp³-hybridized carbons (Fsp3) is 0.238. The van der Waals surface area contributed by atoms with Crippen molar-refractivity contribution in [2.24, 2.45) is 11.8 Å². The standard InChI is InChI=1S/C42H42N4O/c1-27(2)18-31-16-17-43-41(22-31)46-39-13-8-7-12-37(39)38-15-14-35(24-40(38)46)47-36-21-29(5)20-34(23-36)45-26-33(25-44-45)42-30(6)10-9-11-32(42)19-28(3)4/h7-17,20-28H,18-19H2,1-6H3. The van der Waals surface area contributed by atoms with E-state index in [0.29, 0.717) is 11.8 Å². The third-order valence-electron chi connectivity index (χ3n) is 8.72. The number of hydrogen-bond acceptors (Lipinski definition) is 3. The Bertz CT molecular complexity index is 2220. The molecule has 0 saturated heterocycles. The van der Waals surface area contributed by atoms with Crippen LogP contribution in [0.5, 0.6) is 11.5 Å². The molecule has 0 saturated carbocycles. The van der Waals surface area contributed by atoms with Gasteiger partial charge in [0.2, 0.25) is 0 Å². The van der Waals surface area contributed by atoms with Crippen LogP contribution in [0.2, 0.25) is 0 Å². The molecule has 0 radical (unpaired) electrons. The Morgan fingerprint density at radius 1 is 0.723 bits per heavy atom. The molecule has 5 heteroatoms. The fourth-order valence-electron chi connectivity index (χ4n) is 6.84. The second kappa shape index (κ2) is 12.6. The Labute approximate surface area is 277 Å². The van der Waals surface area contributed by atoms with Gasteiger partial charge in [-0.25, -0.2) is 9.67 Å². The summed E-state index contributed by atoms with van der Waals surface area (Å²) in [6, 6.07) is 32.1. The molecule has 0 fully saturated rings. The lowest BCUT2D eigenvalue weighted by Gasteiger charge is -2.13. The van der Waals surface area contributed by atoms with Crippen LogP contribution in [0.1, 0.15) is 49.9 Å². The Morgan fingerprint density at radius 3 is 2.36 bits per heavy atom. The van der Waals surface area contributed by atoms with Crippen LogP contribution in [0.25, 0.3) is 44.4 Å². The zero-order valence-electron chi connectivity index (χ0n) is 28.2. The smallest absolute Gasteiger partial charge is 0.137 e. The van der Waals surface area contributed by atoms with E-state index in [9.17, 15) is 0 Å². The van der Waals surface area contributed by atoms with Gasteiger partial charge in [0.15, 0.2) is 0 Å². The highest BCUT2D eigenvalue weighted by Crippen LogP contribution is 2.36. The molecule has 0 unspecified atom stereocenters. The van der Waals surface area contributed by atoms with Gasteiger partial charge in [0.05, 0.1) is 22.9 Å². The molecule has 7 aromatic rings. The number of aromatic nitrogens is 4. The number of hydrogen-bond donors (Lipinski definition) is 0. The molecule has 0 amide bonds. The first kappa shape index (κ1) is 30.5. The molecule has 0 aliphatic heterocycles. The minimum absolute atomic E-state index is 0.570. The second-order valence-electron chi connectivity index (χ2n) is 13.6. The quantitative estimate of drug-likeness (QED) is 0.162. The zero-order valence-corrected chi connectivity index (χ0v) is 28.2. The highest BCUT2D eigenvalue weighted by atomic mass is 16.5. The predicted molar refractivity (Wildman–Crippen MR) is 194 cm³/mol. The fourth-order valence-corrected chi connectivity index (χ4v) is 6.84. The van der Waals surface area contributed by atoms with Crippen molar-refractivity contribution in [3.63, 3.8) is 0 Å². The van der Waals surface area contributed by atoms with E-state index in [1.807, 2.05) is 17.1 Å². The normalized spacial score (nSPS) is 11.7. The first-order chi connectivity index (χ1) is 22.7. The van der Waals surface area contributed by atoms with Gasteiger partial charge in [0.1, 0.15) is 17.3 Å². The first-order valence-corrected chi connectivity index (χ1v) is 16.7. The lowest BCUT2D eigenvalue weighted by molar-refractivity contribution is 0.482. The van der Waals surface area contributed by atoms with Crippen molar-refractivity contribution < 1.29 is 4.74 Å². The van der Waals surface area contributed by atoms with Gasteiger partial charge in [-0.2, -0.15) is 5.10 Å². The van der Waals surface area contributed by atoms with Gasteiger partial charge in [-0.1, -0.05) is 64.1 Å². The van der Waals surface area contributed by atoms with Crippen LogP contribution in [0, 0.1) is 25.7 Å². The topological polar surface area (TPSA) is 44.9 Å². The maximum absolute atomic E-state index is 6.59. The molecule has 0 aliphatic carbocycles. The van der Waals surface area contributed by atoms with Crippen LogP contribution in [-0.2, 0) is 12.8 Å². The molecule has 5 nitrogen and oxygen atoms in total. The summed E-state index contributed by atoms with van der Waals surface area (Å²) in [6.07, 6.45) is 8.08. The van der Waals surface area contributed by atoms with Gasteiger partial charge in [0.25, 0.3) is 0 Å². The molecule has 47 heavy (non-hydrogen) atoms. The molecule has 0 N–H and O–H groups in total. The van der Waals surface area contributed by atoms with Gasteiger partial charge in [-0.3, -0.25) is 4.57 Å². The van der Waals surface area contributed by atoms with E-state index in [1.165, 1.54) is 33.0 Å². The van der Waals surface area contributed by atoms with Crippen molar-refractivity contribution >= 4 is 21.8 Å². The molecule has 3 aromatic heterocycles. The van der Waals surface area contributed by atoms with E-state index in [1.54, 1.807) is 0 Å². The van der Waals surface area contributed by atoms with Gasteiger partial charge in [-0.15, -0.1) is 0 Å². The number of pyridine rings is 1. The largest absolute Gasteiger partial charge is 0.457 e. The summed E-state index contributed by atoms with van der Waals surface area (Å²) >= 11 is 0. The van der Waals surface area contributed by atoms with Gasteiger partial charge < -0.3 is 4.74 Å².